The Kier molecular flexibility index (Phi) is 19.5. The molecule has 2 fully saturated rings. The molecule has 2 aromatic carbocycles. The van der Waals surface area contributed by atoms with E-state index < -0.39 is 23.2 Å². The van der Waals surface area contributed by atoms with E-state index in [1.807, 2.05) is 18.7 Å². The Morgan fingerprint density at radius 2 is 1.07 bits per heavy atom. The average molecular weight is 1220 g/mol. The quantitative estimate of drug-likeness (QED) is 0.0829. The third-order valence-corrected chi connectivity index (χ3v) is 19.5. The molecule has 2 amide bonds. The molecule has 2 saturated heterocycles. The summed E-state index contributed by atoms with van der Waals surface area (Å²) in [5.41, 5.74) is 5.31. The summed E-state index contributed by atoms with van der Waals surface area (Å²) >= 11 is 18.1. The van der Waals surface area contributed by atoms with Gasteiger partial charge in [0.2, 0.25) is 5.91 Å². The summed E-state index contributed by atoms with van der Waals surface area (Å²) in [6.45, 7) is 32.9. The van der Waals surface area contributed by atoms with E-state index in [4.69, 9.17) is 47.4 Å². The minimum Gasteiger partial charge on any atom is -0.496 e. The fourth-order valence-electron chi connectivity index (χ4n) is 11.0. The summed E-state index contributed by atoms with van der Waals surface area (Å²) in [5, 5.41) is 2.11. The van der Waals surface area contributed by atoms with Crippen molar-refractivity contribution in [1.29, 1.82) is 0 Å². The van der Waals surface area contributed by atoms with Crippen LogP contribution in [0.5, 0.6) is 11.5 Å². The number of ether oxygens (including phenoxy) is 4. The molecule has 0 atom stereocenters. The zero-order valence-corrected chi connectivity index (χ0v) is 54.4. The maximum absolute atomic E-state index is 14.8. The third kappa shape index (κ3) is 14.6. The first-order valence-electron chi connectivity index (χ1n) is 28.2. The highest BCUT2D eigenvalue weighted by molar-refractivity contribution is 7.16. The van der Waals surface area contributed by atoms with Crippen molar-refractivity contribution in [2.24, 2.45) is 0 Å². The molecule has 0 unspecified atom stereocenters. The van der Waals surface area contributed by atoms with Crippen LogP contribution in [-0.4, -0.2) is 95.3 Å². The van der Waals surface area contributed by atoms with Crippen molar-refractivity contribution in [2.75, 3.05) is 47.0 Å². The maximum atomic E-state index is 14.8. The smallest absolute Gasteiger partial charge is 0.410 e. The van der Waals surface area contributed by atoms with E-state index in [-0.39, 0.29) is 68.4 Å². The van der Waals surface area contributed by atoms with Crippen LogP contribution in [0.1, 0.15) is 202 Å². The number of rotatable bonds is 17. The van der Waals surface area contributed by atoms with Crippen LogP contribution >= 0.6 is 57.2 Å². The van der Waals surface area contributed by atoms with Gasteiger partial charge in [0.25, 0.3) is 0 Å². The number of esters is 1. The first kappa shape index (κ1) is 64.1. The molecule has 0 aliphatic carbocycles. The summed E-state index contributed by atoms with van der Waals surface area (Å²) < 4.78 is 54.0. The van der Waals surface area contributed by atoms with Crippen molar-refractivity contribution in [3.05, 3.63) is 80.8 Å². The zero-order valence-electron chi connectivity index (χ0n) is 50.5. The standard InChI is InChI=1S/C62H83Cl2F2N5O7S3/c1-18-77-55(73)62(65,66)50-35(2)79-44(67-50)34-45(72)70-26-20-36(21-27-70)53-69-47(52(64)81-53)39-32-42(59(9,10)11)49(76-17)43(33-39)60(12,13)24-19-25-61(14,15)78-56(74)71-28-22-37(23-29-71)54-68-46(51(63)80-54)38-30-40(57(3,4)5)48(75-16)41(31-38)58(6,7)8/h30-33,36-37H,18-29,34H2,1-17H3. The monoisotopic (exact) mass is 1210 g/mol. The highest BCUT2D eigenvalue weighted by Crippen LogP contribution is 2.49. The first-order valence-corrected chi connectivity index (χ1v) is 31.4. The molecule has 0 bridgehead atoms. The molecular weight excluding hydrogens is 1130 g/mol. The number of methoxy groups -OCH3 is 2. The minimum atomic E-state index is -3.90. The number of likely N-dealkylation sites (tertiary alicyclic amines) is 2. The Morgan fingerprint density at radius 1 is 0.642 bits per heavy atom. The van der Waals surface area contributed by atoms with Crippen molar-refractivity contribution in [3.63, 3.8) is 0 Å². The van der Waals surface area contributed by atoms with E-state index in [0.717, 1.165) is 97.6 Å². The normalized spacial score (nSPS) is 15.6. The van der Waals surface area contributed by atoms with E-state index in [1.165, 1.54) is 36.5 Å². The highest BCUT2D eigenvalue weighted by Gasteiger charge is 2.47. The van der Waals surface area contributed by atoms with Gasteiger partial charge in [-0.15, -0.1) is 34.0 Å². The van der Waals surface area contributed by atoms with Gasteiger partial charge in [-0.2, -0.15) is 8.78 Å². The Morgan fingerprint density at radius 3 is 1.51 bits per heavy atom. The number of nitrogens with zero attached hydrogens (tertiary/aromatic N) is 5. The summed E-state index contributed by atoms with van der Waals surface area (Å²) in [4.78, 5) is 57.4. The van der Waals surface area contributed by atoms with Gasteiger partial charge in [-0.3, -0.25) is 4.79 Å². The predicted octanol–water partition coefficient (Wildman–Crippen LogP) is 16.8. The largest absolute Gasteiger partial charge is 0.496 e. The van der Waals surface area contributed by atoms with Gasteiger partial charge in [-0.1, -0.05) is 99.4 Å². The number of thiazole rings is 3. The molecule has 12 nitrogen and oxygen atoms in total. The Balaban J connectivity index is 0.972. The second kappa shape index (κ2) is 24.7. The number of piperidine rings is 2. The summed E-state index contributed by atoms with van der Waals surface area (Å²) in [5.74, 6) is -3.80. The number of aromatic nitrogens is 3. The number of halogens is 4. The Bertz CT molecular complexity index is 3060. The van der Waals surface area contributed by atoms with Gasteiger partial charge in [0.05, 0.1) is 37.3 Å². The number of benzene rings is 2. The summed E-state index contributed by atoms with van der Waals surface area (Å²) in [7, 11) is 3.46. The molecule has 2 aliphatic rings. The summed E-state index contributed by atoms with van der Waals surface area (Å²) in [6, 6.07) is 8.65. The van der Waals surface area contributed by atoms with E-state index in [0.29, 0.717) is 59.8 Å². The zero-order chi connectivity index (χ0) is 59.9. The van der Waals surface area contributed by atoms with Gasteiger partial charge in [0.15, 0.2) is 0 Å². The fraction of sp³-hybridized carbons (Fsp3) is 0.613. The lowest BCUT2D eigenvalue weighted by atomic mass is 9.74. The molecule has 0 spiro atoms. The van der Waals surface area contributed by atoms with Crippen LogP contribution in [0, 0.1) is 6.92 Å². The Labute approximate surface area is 501 Å². The number of alkyl halides is 2. The molecule has 5 aromatic rings. The molecule has 0 saturated carbocycles. The van der Waals surface area contributed by atoms with Crippen LogP contribution in [0.15, 0.2) is 24.3 Å². The van der Waals surface area contributed by atoms with Crippen molar-refractivity contribution in [2.45, 2.75) is 200 Å². The fourth-order valence-corrected chi connectivity index (χ4v) is 14.7. The SMILES string of the molecule is CCOC(=O)C(F)(F)c1nc(CC(=O)N2CCC(c3nc(-c4cc(C(C)(C)C)c(OC)c(C(C)(C)CCCC(C)(C)OC(=O)N5CCC(c6nc(-c7cc(C(C)(C)C)c(OC)c(C(C)(C)C)c7)c(Cl)s6)CC5)c4)c(Cl)s3)CC2)sc1C. The number of hydrogen-bond acceptors (Lipinski definition) is 13. The van der Waals surface area contributed by atoms with E-state index in [2.05, 4.69) is 110 Å². The van der Waals surface area contributed by atoms with Crippen LogP contribution in [0.3, 0.4) is 0 Å². The number of aryl methyl sites for hydroxylation is 1. The Hall–Kier alpha value is -4.42. The van der Waals surface area contributed by atoms with Crippen LogP contribution in [-0.2, 0) is 53.1 Å². The van der Waals surface area contributed by atoms with Gasteiger partial charge >= 0.3 is 18.0 Å². The molecule has 444 valence electrons. The van der Waals surface area contributed by atoms with Crippen molar-refractivity contribution in [1.82, 2.24) is 24.8 Å². The maximum Gasteiger partial charge on any atom is 0.410 e. The number of carbonyl (C=O) groups is 3. The molecule has 3 aromatic heterocycles. The predicted molar refractivity (Wildman–Crippen MR) is 325 cm³/mol. The second-order valence-electron chi connectivity index (χ2n) is 26.1. The lowest BCUT2D eigenvalue weighted by Gasteiger charge is -2.35. The summed E-state index contributed by atoms with van der Waals surface area (Å²) in [6.07, 6.45) is 4.61. The minimum absolute atomic E-state index is 0.0657. The topological polar surface area (TPSA) is 133 Å². The van der Waals surface area contributed by atoms with Crippen LogP contribution in [0.2, 0.25) is 8.67 Å². The van der Waals surface area contributed by atoms with Crippen LogP contribution < -0.4 is 9.47 Å². The van der Waals surface area contributed by atoms with E-state index in [1.54, 1.807) is 19.1 Å². The van der Waals surface area contributed by atoms with E-state index >= 15 is 0 Å². The molecule has 81 heavy (non-hydrogen) atoms. The van der Waals surface area contributed by atoms with Gasteiger partial charge in [-0.25, -0.2) is 24.5 Å². The van der Waals surface area contributed by atoms with Gasteiger partial charge in [0.1, 0.15) is 47.9 Å². The van der Waals surface area contributed by atoms with Gasteiger partial charge in [0, 0.05) is 76.3 Å². The van der Waals surface area contributed by atoms with Crippen molar-refractivity contribution >= 4 is 75.2 Å². The first-order chi connectivity index (χ1) is 37.6. The highest BCUT2D eigenvalue weighted by atomic mass is 35.5. The molecule has 2 aliphatic heterocycles. The number of hydrogen-bond donors (Lipinski definition) is 0. The van der Waals surface area contributed by atoms with Gasteiger partial charge < -0.3 is 28.7 Å². The third-order valence-electron chi connectivity index (χ3n) is 15.7. The van der Waals surface area contributed by atoms with Crippen molar-refractivity contribution in [3.8, 4) is 34.0 Å². The van der Waals surface area contributed by atoms with Crippen molar-refractivity contribution < 1.29 is 42.1 Å². The second-order valence-corrected chi connectivity index (χ2v) is 30.6. The van der Waals surface area contributed by atoms with Gasteiger partial charge in [-0.05, 0) is 119 Å². The molecule has 19 heteroatoms. The molecule has 7 rings (SSSR count). The van der Waals surface area contributed by atoms with Crippen LogP contribution in [0.4, 0.5) is 13.6 Å². The molecule has 5 heterocycles. The van der Waals surface area contributed by atoms with E-state index in [9.17, 15) is 23.2 Å². The number of carbonyl (C=O) groups excluding carboxylic acids is 3. The lowest BCUT2D eigenvalue weighted by Crippen LogP contribution is -2.42. The lowest BCUT2D eigenvalue weighted by molar-refractivity contribution is -0.173. The molecule has 0 radical (unpaired) electrons. The molecular formula is C62H83Cl2F2N5O7S3. The number of amides is 2. The molecule has 0 N–H and O–H groups in total. The average Bonchev–Trinajstić information content (AvgIpc) is 4.19. The van der Waals surface area contributed by atoms with Crippen LogP contribution in [0.25, 0.3) is 22.5 Å².